The summed E-state index contributed by atoms with van der Waals surface area (Å²) in [6.07, 6.45) is 5.28. The van der Waals surface area contributed by atoms with Crippen molar-refractivity contribution in [2.24, 2.45) is 5.16 Å². The third kappa shape index (κ3) is 5.55. The Bertz CT molecular complexity index is 579. The van der Waals surface area contributed by atoms with E-state index in [4.69, 9.17) is 4.84 Å². The van der Waals surface area contributed by atoms with E-state index in [2.05, 4.69) is 60.8 Å². The molecule has 146 valence electrons. The van der Waals surface area contributed by atoms with E-state index in [1.54, 1.807) is 0 Å². The van der Waals surface area contributed by atoms with Crippen LogP contribution in [0.3, 0.4) is 0 Å². The van der Waals surface area contributed by atoms with Gasteiger partial charge in [0.15, 0.2) is 0 Å². The summed E-state index contributed by atoms with van der Waals surface area (Å²) in [5, 5.41) is 11.5. The van der Waals surface area contributed by atoms with Crippen molar-refractivity contribution in [3.63, 3.8) is 0 Å². The summed E-state index contributed by atoms with van der Waals surface area (Å²) in [5.41, 5.74) is 4.23. The Kier molecular flexibility index (Phi) is 7.66. The molecule has 0 atom stereocenters. The van der Waals surface area contributed by atoms with E-state index in [1.165, 1.54) is 16.8 Å². The zero-order chi connectivity index (χ0) is 19.0. The third-order valence-electron chi connectivity index (χ3n) is 5.35. The Balaban J connectivity index is 2.22. The van der Waals surface area contributed by atoms with Gasteiger partial charge >= 0.3 is 0 Å². The molecule has 1 saturated carbocycles. The number of benzene rings is 1. The lowest BCUT2D eigenvalue weighted by Gasteiger charge is -2.40. The first-order chi connectivity index (χ1) is 12.4. The second-order valence-electron chi connectivity index (χ2n) is 8.37. The number of hydrogen-bond acceptors (Lipinski definition) is 4. The fraction of sp³-hybridized carbons (Fsp3) is 0.682. The normalized spacial score (nSPS) is 20.9. The fourth-order valence-corrected chi connectivity index (χ4v) is 3.66. The molecule has 26 heavy (non-hydrogen) atoms. The quantitative estimate of drug-likeness (QED) is 0.536. The van der Waals surface area contributed by atoms with Crippen LogP contribution < -0.4 is 10.6 Å². The summed E-state index contributed by atoms with van der Waals surface area (Å²) in [5.74, 6) is 0. The molecule has 0 heterocycles. The van der Waals surface area contributed by atoms with E-state index < -0.39 is 0 Å². The van der Waals surface area contributed by atoms with Crippen molar-refractivity contribution < 1.29 is 4.84 Å². The highest BCUT2D eigenvalue weighted by Crippen LogP contribution is 2.38. The Morgan fingerprint density at radius 2 is 1.88 bits per heavy atom. The van der Waals surface area contributed by atoms with Gasteiger partial charge in [-0.3, -0.25) is 0 Å². The van der Waals surface area contributed by atoms with Gasteiger partial charge in [-0.25, -0.2) is 0 Å². The van der Waals surface area contributed by atoms with Gasteiger partial charge in [0.1, 0.15) is 6.61 Å². The number of nitrogens with zero attached hydrogens (tertiary/aromatic N) is 1. The van der Waals surface area contributed by atoms with Gasteiger partial charge in [0.05, 0.1) is 5.71 Å². The molecule has 1 aromatic carbocycles. The topological polar surface area (TPSA) is 45.6 Å². The first kappa shape index (κ1) is 20.9. The van der Waals surface area contributed by atoms with Crippen LogP contribution in [0.15, 0.2) is 29.4 Å². The zero-order valence-electron chi connectivity index (χ0n) is 17.3. The average Bonchev–Trinajstić information content (AvgIpc) is 2.64. The molecular weight excluding hydrogens is 322 g/mol. The molecule has 1 fully saturated rings. The Morgan fingerprint density at radius 3 is 2.50 bits per heavy atom. The molecule has 0 aliphatic heterocycles. The number of rotatable bonds is 8. The van der Waals surface area contributed by atoms with E-state index in [0.29, 0.717) is 6.61 Å². The summed E-state index contributed by atoms with van der Waals surface area (Å²) >= 11 is 0. The maximum absolute atomic E-state index is 5.28. The molecule has 0 spiro atoms. The molecule has 0 radical (unpaired) electrons. The predicted octanol–water partition coefficient (Wildman–Crippen LogP) is 4.35. The summed E-state index contributed by atoms with van der Waals surface area (Å²) in [7, 11) is 2.01. The van der Waals surface area contributed by atoms with Crippen LogP contribution in [0, 0.1) is 0 Å². The molecule has 2 rings (SSSR count). The van der Waals surface area contributed by atoms with E-state index >= 15 is 0 Å². The molecule has 0 unspecified atom stereocenters. The molecule has 1 aliphatic rings. The van der Waals surface area contributed by atoms with Gasteiger partial charge < -0.3 is 15.5 Å². The highest BCUT2D eigenvalue weighted by atomic mass is 16.6. The van der Waals surface area contributed by atoms with Gasteiger partial charge in [0.2, 0.25) is 0 Å². The van der Waals surface area contributed by atoms with Crippen LogP contribution in [0.1, 0.15) is 70.9 Å². The first-order valence-electron chi connectivity index (χ1n) is 10.1. The van der Waals surface area contributed by atoms with E-state index in [0.717, 1.165) is 45.2 Å². The van der Waals surface area contributed by atoms with Crippen molar-refractivity contribution in [1.82, 2.24) is 10.6 Å². The fourth-order valence-electron chi connectivity index (χ4n) is 3.66. The molecule has 4 heteroatoms. The second kappa shape index (κ2) is 9.52. The van der Waals surface area contributed by atoms with E-state index in [9.17, 15) is 0 Å². The van der Waals surface area contributed by atoms with Crippen molar-refractivity contribution >= 4 is 5.71 Å². The number of hydrogen-bond donors (Lipinski definition) is 2. The predicted molar refractivity (Wildman–Crippen MR) is 111 cm³/mol. The van der Waals surface area contributed by atoms with Crippen LogP contribution in [-0.4, -0.2) is 32.5 Å². The first-order valence-corrected chi connectivity index (χ1v) is 10.1. The van der Waals surface area contributed by atoms with Crippen molar-refractivity contribution in [3.8, 4) is 0 Å². The van der Waals surface area contributed by atoms with Crippen LogP contribution in [0.25, 0.3) is 0 Å². The van der Waals surface area contributed by atoms with Crippen molar-refractivity contribution in [2.75, 3.05) is 26.7 Å². The monoisotopic (exact) mass is 359 g/mol. The van der Waals surface area contributed by atoms with Gasteiger partial charge in [-0.1, -0.05) is 50.2 Å². The van der Waals surface area contributed by atoms with E-state index in [-0.39, 0.29) is 11.0 Å². The Labute approximate surface area is 159 Å². The molecule has 1 aliphatic carbocycles. The smallest absolute Gasteiger partial charge is 0.114 e. The zero-order valence-corrected chi connectivity index (χ0v) is 17.3. The van der Waals surface area contributed by atoms with Crippen LogP contribution >= 0.6 is 0 Å². The molecule has 0 saturated heterocycles. The van der Waals surface area contributed by atoms with Gasteiger partial charge in [-0.2, -0.15) is 0 Å². The SMILES string of the molecule is CCON=C1CCC(NCCCNC)(c2cccc(C(C)(C)C)c2)CC1. The van der Waals surface area contributed by atoms with Crippen molar-refractivity contribution in [3.05, 3.63) is 35.4 Å². The standard InChI is InChI=1S/C22H37N3O/c1-6-26-25-20-11-13-22(14-12-20,24-16-8-15-23-5)19-10-7-9-18(17-19)21(2,3)4/h7,9-10,17,23-24H,6,8,11-16H2,1-5H3. The van der Waals surface area contributed by atoms with Crippen LogP contribution in [-0.2, 0) is 15.8 Å². The summed E-state index contributed by atoms with van der Waals surface area (Å²) in [4.78, 5) is 5.28. The van der Waals surface area contributed by atoms with E-state index in [1.807, 2.05) is 14.0 Å². The minimum absolute atomic E-state index is 0.0419. The highest BCUT2D eigenvalue weighted by molar-refractivity contribution is 5.85. The third-order valence-corrected chi connectivity index (χ3v) is 5.35. The van der Waals surface area contributed by atoms with Gasteiger partial charge in [0, 0.05) is 5.54 Å². The maximum Gasteiger partial charge on any atom is 0.114 e. The number of oxime groups is 1. The minimum Gasteiger partial charge on any atom is -0.396 e. The van der Waals surface area contributed by atoms with Crippen molar-refractivity contribution in [1.29, 1.82) is 0 Å². The van der Waals surface area contributed by atoms with Gasteiger partial charge in [-0.05, 0) is 75.7 Å². The van der Waals surface area contributed by atoms with Gasteiger partial charge in [-0.15, -0.1) is 0 Å². The lowest BCUT2D eigenvalue weighted by molar-refractivity contribution is 0.154. The second-order valence-corrected chi connectivity index (χ2v) is 8.37. The summed E-state index contributed by atoms with van der Waals surface area (Å²) in [6, 6.07) is 9.18. The molecular formula is C22H37N3O. The summed E-state index contributed by atoms with van der Waals surface area (Å²) in [6.45, 7) is 11.6. The Hall–Kier alpha value is -1.39. The lowest BCUT2D eigenvalue weighted by Crippen LogP contribution is -2.46. The van der Waals surface area contributed by atoms with Crippen LogP contribution in [0.4, 0.5) is 0 Å². The highest BCUT2D eigenvalue weighted by Gasteiger charge is 2.35. The molecule has 4 nitrogen and oxygen atoms in total. The molecule has 1 aromatic rings. The molecule has 0 bridgehead atoms. The minimum atomic E-state index is 0.0419. The summed E-state index contributed by atoms with van der Waals surface area (Å²) < 4.78 is 0. The average molecular weight is 360 g/mol. The molecule has 2 N–H and O–H groups in total. The van der Waals surface area contributed by atoms with Crippen LogP contribution in [0.5, 0.6) is 0 Å². The lowest BCUT2D eigenvalue weighted by atomic mass is 9.74. The van der Waals surface area contributed by atoms with Gasteiger partial charge in [0.25, 0.3) is 0 Å². The van der Waals surface area contributed by atoms with Crippen LogP contribution in [0.2, 0.25) is 0 Å². The Morgan fingerprint density at radius 1 is 1.15 bits per heavy atom. The molecule has 0 amide bonds. The molecule has 0 aromatic heterocycles. The van der Waals surface area contributed by atoms with Crippen molar-refractivity contribution in [2.45, 2.75) is 70.8 Å². The largest absolute Gasteiger partial charge is 0.396 e. The number of nitrogens with one attached hydrogen (secondary N) is 2. The maximum atomic E-state index is 5.28.